The summed E-state index contributed by atoms with van der Waals surface area (Å²) in [5.41, 5.74) is 4.78. The molecule has 0 spiro atoms. The SMILES string of the molecule is C1=CC2=C(CC1)CC1=C(C2)OCC1. The molecule has 0 unspecified atom stereocenters. The highest BCUT2D eigenvalue weighted by Gasteiger charge is 2.24. The molecular formula is C12H14O. The van der Waals surface area contributed by atoms with Crippen LogP contribution in [0.3, 0.4) is 0 Å². The molecule has 1 nitrogen and oxygen atoms in total. The predicted molar refractivity (Wildman–Crippen MR) is 52.2 cm³/mol. The van der Waals surface area contributed by atoms with Gasteiger partial charge >= 0.3 is 0 Å². The number of allylic oxidation sites excluding steroid dienone is 4. The summed E-state index contributed by atoms with van der Waals surface area (Å²) in [6.07, 6.45) is 10.6. The summed E-state index contributed by atoms with van der Waals surface area (Å²) in [7, 11) is 0. The Balaban J connectivity index is 1.91. The van der Waals surface area contributed by atoms with Crippen LogP contribution in [-0.4, -0.2) is 6.61 Å². The molecule has 0 aromatic rings. The van der Waals surface area contributed by atoms with E-state index in [0.717, 1.165) is 13.0 Å². The van der Waals surface area contributed by atoms with Crippen LogP contribution in [0.4, 0.5) is 0 Å². The van der Waals surface area contributed by atoms with Gasteiger partial charge in [-0.3, -0.25) is 0 Å². The van der Waals surface area contributed by atoms with Crippen LogP contribution < -0.4 is 0 Å². The van der Waals surface area contributed by atoms with Crippen LogP contribution in [0.25, 0.3) is 0 Å². The van der Waals surface area contributed by atoms with Crippen LogP contribution >= 0.6 is 0 Å². The van der Waals surface area contributed by atoms with Crippen molar-refractivity contribution in [3.05, 3.63) is 34.6 Å². The molecule has 0 saturated heterocycles. The molecule has 13 heavy (non-hydrogen) atoms. The Morgan fingerprint density at radius 3 is 3.08 bits per heavy atom. The fourth-order valence-corrected chi connectivity index (χ4v) is 2.48. The predicted octanol–water partition coefficient (Wildman–Crippen LogP) is 3.10. The van der Waals surface area contributed by atoms with E-state index < -0.39 is 0 Å². The van der Waals surface area contributed by atoms with Gasteiger partial charge in [0, 0.05) is 12.8 Å². The van der Waals surface area contributed by atoms with Gasteiger partial charge in [0.2, 0.25) is 0 Å². The smallest absolute Gasteiger partial charge is 0.1000 e. The zero-order valence-electron chi connectivity index (χ0n) is 7.81. The third-order valence-corrected chi connectivity index (χ3v) is 3.24. The first-order valence-electron chi connectivity index (χ1n) is 5.14. The Kier molecular flexibility index (Phi) is 1.58. The topological polar surface area (TPSA) is 9.23 Å². The van der Waals surface area contributed by atoms with E-state index >= 15 is 0 Å². The van der Waals surface area contributed by atoms with E-state index in [2.05, 4.69) is 12.2 Å². The Morgan fingerprint density at radius 1 is 1.08 bits per heavy atom. The highest BCUT2D eigenvalue weighted by Crippen LogP contribution is 2.39. The molecule has 0 aromatic heterocycles. The second kappa shape index (κ2) is 2.76. The standard InChI is InChI=1S/C12H14O/c1-2-4-10-8-12-11(5-6-13-12)7-9(10)3-1/h2,4H,1,3,5-8H2. The minimum atomic E-state index is 0.926. The molecule has 0 fully saturated rings. The maximum atomic E-state index is 5.62. The highest BCUT2D eigenvalue weighted by atomic mass is 16.5. The van der Waals surface area contributed by atoms with Gasteiger partial charge in [-0.15, -0.1) is 0 Å². The number of hydrogen-bond acceptors (Lipinski definition) is 1. The van der Waals surface area contributed by atoms with E-state index in [4.69, 9.17) is 4.74 Å². The maximum Gasteiger partial charge on any atom is 0.1000 e. The Morgan fingerprint density at radius 2 is 2.08 bits per heavy atom. The summed E-state index contributed by atoms with van der Waals surface area (Å²) in [6.45, 7) is 0.926. The molecule has 0 radical (unpaired) electrons. The van der Waals surface area contributed by atoms with Crippen molar-refractivity contribution in [3.8, 4) is 0 Å². The first-order valence-corrected chi connectivity index (χ1v) is 5.14. The summed E-state index contributed by atoms with van der Waals surface area (Å²) in [5.74, 6) is 1.28. The van der Waals surface area contributed by atoms with Gasteiger partial charge in [0.05, 0.1) is 12.4 Å². The van der Waals surface area contributed by atoms with Crippen molar-refractivity contribution in [2.24, 2.45) is 0 Å². The molecule has 3 aliphatic rings. The molecule has 1 aliphatic heterocycles. The lowest BCUT2D eigenvalue weighted by Gasteiger charge is -2.21. The van der Waals surface area contributed by atoms with E-state index in [-0.39, 0.29) is 0 Å². The van der Waals surface area contributed by atoms with Gasteiger partial charge < -0.3 is 4.74 Å². The van der Waals surface area contributed by atoms with Crippen molar-refractivity contribution in [3.63, 3.8) is 0 Å². The van der Waals surface area contributed by atoms with Crippen molar-refractivity contribution in [2.75, 3.05) is 6.61 Å². The molecule has 1 heteroatoms. The van der Waals surface area contributed by atoms with Gasteiger partial charge in [-0.25, -0.2) is 0 Å². The average Bonchev–Trinajstić information content (AvgIpc) is 2.61. The Hall–Kier alpha value is -0.980. The molecule has 0 bridgehead atoms. The van der Waals surface area contributed by atoms with E-state index in [1.54, 1.807) is 11.1 Å². The van der Waals surface area contributed by atoms with Gasteiger partial charge in [-0.1, -0.05) is 17.7 Å². The maximum absolute atomic E-state index is 5.62. The van der Waals surface area contributed by atoms with Crippen molar-refractivity contribution < 1.29 is 4.74 Å². The largest absolute Gasteiger partial charge is 0.497 e. The molecular weight excluding hydrogens is 160 g/mol. The van der Waals surface area contributed by atoms with Crippen LogP contribution in [0.5, 0.6) is 0 Å². The number of ether oxygens (including phenoxy) is 1. The normalized spacial score (nSPS) is 25.8. The van der Waals surface area contributed by atoms with E-state index in [0.29, 0.717) is 0 Å². The van der Waals surface area contributed by atoms with Crippen molar-refractivity contribution >= 4 is 0 Å². The molecule has 0 atom stereocenters. The molecule has 3 rings (SSSR count). The Labute approximate surface area is 78.8 Å². The summed E-state index contributed by atoms with van der Waals surface area (Å²) in [5, 5.41) is 0. The fraction of sp³-hybridized carbons (Fsp3) is 0.500. The third kappa shape index (κ3) is 1.14. The van der Waals surface area contributed by atoms with E-state index in [1.165, 1.54) is 37.0 Å². The van der Waals surface area contributed by atoms with E-state index in [1.807, 2.05) is 0 Å². The monoisotopic (exact) mass is 174 g/mol. The summed E-state index contributed by atoms with van der Waals surface area (Å²) < 4.78 is 5.62. The van der Waals surface area contributed by atoms with Crippen LogP contribution in [-0.2, 0) is 4.74 Å². The van der Waals surface area contributed by atoms with Gasteiger partial charge in [0.15, 0.2) is 0 Å². The zero-order valence-corrected chi connectivity index (χ0v) is 7.81. The summed E-state index contributed by atoms with van der Waals surface area (Å²) in [6, 6.07) is 0. The lowest BCUT2D eigenvalue weighted by atomic mass is 9.85. The van der Waals surface area contributed by atoms with Crippen LogP contribution in [0, 0.1) is 0 Å². The van der Waals surface area contributed by atoms with Crippen LogP contribution in [0.2, 0.25) is 0 Å². The van der Waals surface area contributed by atoms with Crippen molar-refractivity contribution in [1.82, 2.24) is 0 Å². The lowest BCUT2D eigenvalue weighted by molar-refractivity contribution is 0.238. The zero-order chi connectivity index (χ0) is 8.67. The fourth-order valence-electron chi connectivity index (χ4n) is 2.48. The minimum absolute atomic E-state index is 0.926. The second-order valence-corrected chi connectivity index (χ2v) is 4.05. The third-order valence-electron chi connectivity index (χ3n) is 3.24. The Bertz CT molecular complexity index is 331. The summed E-state index contributed by atoms with van der Waals surface area (Å²) >= 11 is 0. The summed E-state index contributed by atoms with van der Waals surface area (Å²) in [4.78, 5) is 0. The van der Waals surface area contributed by atoms with Gasteiger partial charge in [0.25, 0.3) is 0 Å². The van der Waals surface area contributed by atoms with Gasteiger partial charge in [-0.2, -0.15) is 0 Å². The van der Waals surface area contributed by atoms with E-state index in [9.17, 15) is 0 Å². The van der Waals surface area contributed by atoms with Crippen molar-refractivity contribution in [2.45, 2.75) is 32.1 Å². The van der Waals surface area contributed by atoms with Gasteiger partial charge in [-0.05, 0) is 30.4 Å². The first-order chi connectivity index (χ1) is 6.43. The molecule has 2 aliphatic carbocycles. The molecule has 0 amide bonds. The van der Waals surface area contributed by atoms with Gasteiger partial charge in [0.1, 0.15) is 0 Å². The van der Waals surface area contributed by atoms with Crippen molar-refractivity contribution in [1.29, 1.82) is 0 Å². The molecule has 0 aromatic carbocycles. The molecule has 1 heterocycles. The van der Waals surface area contributed by atoms with Crippen LogP contribution in [0.1, 0.15) is 32.1 Å². The molecule has 0 saturated carbocycles. The minimum Gasteiger partial charge on any atom is -0.497 e. The second-order valence-electron chi connectivity index (χ2n) is 4.05. The number of rotatable bonds is 0. The highest BCUT2D eigenvalue weighted by molar-refractivity contribution is 5.41. The average molecular weight is 174 g/mol. The molecule has 0 N–H and O–H groups in total. The number of hydrogen-bond donors (Lipinski definition) is 0. The lowest BCUT2D eigenvalue weighted by Crippen LogP contribution is -2.04. The molecule has 68 valence electrons. The first kappa shape index (κ1) is 7.43. The quantitative estimate of drug-likeness (QED) is 0.548. The van der Waals surface area contributed by atoms with Crippen LogP contribution in [0.15, 0.2) is 34.6 Å².